The smallest absolute Gasteiger partial charge is 0.263 e. The first-order valence-corrected chi connectivity index (χ1v) is 14.1. The number of anilines is 2. The number of benzene rings is 4. The summed E-state index contributed by atoms with van der Waals surface area (Å²) in [5.74, 6) is -0.918. The summed E-state index contributed by atoms with van der Waals surface area (Å²) in [6.07, 6.45) is 0.666. The zero-order valence-electron chi connectivity index (χ0n) is 21.5. The number of amides is 2. The van der Waals surface area contributed by atoms with Crippen LogP contribution < -0.4 is 15.4 Å². The molecule has 0 unspecified atom stereocenters. The van der Waals surface area contributed by atoms with Gasteiger partial charge in [-0.3, -0.25) is 14.3 Å². The maximum Gasteiger partial charge on any atom is 0.263 e. The summed E-state index contributed by atoms with van der Waals surface area (Å²) in [4.78, 5) is 25.8. The lowest BCUT2D eigenvalue weighted by molar-refractivity contribution is 0.0955. The SMILES string of the molecule is Cc1ccc(NS(=O)(=O)c2cc(C(=O)Nc3ccccc3C(=O)NCCc3ccccc3)ccc2Cl)c(C)c1. The summed E-state index contributed by atoms with van der Waals surface area (Å²) in [5, 5.41) is 5.57. The molecular weight excluding hydrogens is 534 g/mol. The van der Waals surface area contributed by atoms with E-state index in [2.05, 4.69) is 15.4 Å². The van der Waals surface area contributed by atoms with Gasteiger partial charge in [-0.05, 0) is 67.8 Å². The molecule has 0 aliphatic heterocycles. The largest absolute Gasteiger partial charge is 0.352 e. The highest BCUT2D eigenvalue weighted by Crippen LogP contribution is 2.27. The Morgan fingerprint density at radius 1 is 0.795 bits per heavy atom. The van der Waals surface area contributed by atoms with Gasteiger partial charge in [0.2, 0.25) is 0 Å². The van der Waals surface area contributed by atoms with Gasteiger partial charge in [0.05, 0.1) is 22.0 Å². The lowest BCUT2D eigenvalue weighted by Gasteiger charge is -2.14. The monoisotopic (exact) mass is 561 g/mol. The van der Waals surface area contributed by atoms with Crippen molar-refractivity contribution in [1.82, 2.24) is 5.32 Å². The number of hydrogen-bond donors (Lipinski definition) is 3. The van der Waals surface area contributed by atoms with Crippen LogP contribution in [0.2, 0.25) is 5.02 Å². The van der Waals surface area contributed by atoms with Crippen LogP contribution in [-0.4, -0.2) is 26.8 Å². The predicted molar refractivity (Wildman–Crippen MR) is 155 cm³/mol. The number of carbonyl (C=O) groups excluding carboxylic acids is 2. The maximum atomic E-state index is 13.2. The third-order valence-corrected chi connectivity index (χ3v) is 7.92. The van der Waals surface area contributed by atoms with Gasteiger partial charge in [0, 0.05) is 12.1 Å². The van der Waals surface area contributed by atoms with E-state index in [1.165, 1.54) is 18.2 Å². The molecule has 7 nitrogen and oxygen atoms in total. The van der Waals surface area contributed by atoms with Crippen molar-refractivity contribution in [3.05, 3.63) is 124 Å². The highest BCUT2D eigenvalue weighted by Gasteiger charge is 2.22. The van der Waals surface area contributed by atoms with Crippen molar-refractivity contribution in [3.63, 3.8) is 0 Å². The molecule has 39 heavy (non-hydrogen) atoms. The van der Waals surface area contributed by atoms with Gasteiger partial charge in [-0.25, -0.2) is 8.42 Å². The number of halogens is 1. The number of para-hydroxylation sites is 1. The van der Waals surface area contributed by atoms with Crippen molar-refractivity contribution in [2.24, 2.45) is 0 Å². The molecule has 4 aromatic rings. The minimum atomic E-state index is -4.09. The molecule has 0 aliphatic carbocycles. The summed E-state index contributed by atoms with van der Waals surface area (Å²) in [6, 6.07) is 25.7. The van der Waals surface area contributed by atoms with Gasteiger partial charge >= 0.3 is 0 Å². The molecular formula is C30H28ClN3O4S. The fourth-order valence-electron chi connectivity index (χ4n) is 4.02. The van der Waals surface area contributed by atoms with E-state index >= 15 is 0 Å². The average molecular weight is 562 g/mol. The average Bonchev–Trinajstić information content (AvgIpc) is 2.91. The van der Waals surface area contributed by atoms with Crippen LogP contribution in [0.25, 0.3) is 0 Å². The van der Waals surface area contributed by atoms with Crippen molar-refractivity contribution in [3.8, 4) is 0 Å². The minimum Gasteiger partial charge on any atom is -0.352 e. The second kappa shape index (κ2) is 12.1. The van der Waals surface area contributed by atoms with Gasteiger partial charge in [-0.2, -0.15) is 0 Å². The van der Waals surface area contributed by atoms with Gasteiger partial charge in [0.15, 0.2) is 0 Å². The predicted octanol–water partition coefficient (Wildman–Crippen LogP) is 5.98. The van der Waals surface area contributed by atoms with Crippen LogP contribution in [0.5, 0.6) is 0 Å². The van der Waals surface area contributed by atoms with Crippen molar-refractivity contribution in [1.29, 1.82) is 0 Å². The van der Waals surface area contributed by atoms with Crippen molar-refractivity contribution < 1.29 is 18.0 Å². The normalized spacial score (nSPS) is 11.1. The quantitative estimate of drug-likeness (QED) is 0.234. The van der Waals surface area contributed by atoms with Crippen LogP contribution in [0.3, 0.4) is 0 Å². The summed E-state index contributed by atoms with van der Waals surface area (Å²) < 4.78 is 28.9. The second-order valence-corrected chi connectivity index (χ2v) is 11.1. The summed E-state index contributed by atoms with van der Waals surface area (Å²) in [6.45, 7) is 4.14. The number of carbonyl (C=O) groups is 2. The molecule has 9 heteroatoms. The van der Waals surface area contributed by atoms with E-state index in [0.717, 1.165) is 16.7 Å². The van der Waals surface area contributed by atoms with E-state index in [0.29, 0.717) is 24.3 Å². The highest BCUT2D eigenvalue weighted by atomic mass is 35.5. The Labute approximate surface area is 233 Å². The van der Waals surface area contributed by atoms with Crippen molar-refractivity contribution >= 4 is 44.8 Å². The zero-order chi connectivity index (χ0) is 28.0. The maximum absolute atomic E-state index is 13.2. The van der Waals surface area contributed by atoms with Crippen LogP contribution in [0.4, 0.5) is 11.4 Å². The molecule has 4 aromatic carbocycles. The van der Waals surface area contributed by atoms with Gasteiger partial charge in [0.1, 0.15) is 4.90 Å². The van der Waals surface area contributed by atoms with E-state index in [-0.39, 0.29) is 27.0 Å². The fourth-order valence-corrected chi connectivity index (χ4v) is 5.68. The van der Waals surface area contributed by atoms with E-state index in [4.69, 9.17) is 11.6 Å². The molecule has 0 aliphatic rings. The van der Waals surface area contributed by atoms with Crippen LogP contribution in [0, 0.1) is 13.8 Å². The molecule has 3 N–H and O–H groups in total. The number of nitrogens with one attached hydrogen (secondary N) is 3. The van der Waals surface area contributed by atoms with Crippen LogP contribution in [0.1, 0.15) is 37.4 Å². The first-order valence-electron chi connectivity index (χ1n) is 12.3. The summed E-state index contributed by atoms with van der Waals surface area (Å²) >= 11 is 6.23. The van der Waals surface area contributed by atoms with Gasteiger partial charge in [-0.15, -0.1) is 0 Å². The lowest BCUT2D eigenvalue weighted by Crippen LogP contribution is -2.27. The van der Waals surface area contributed by atoms with Crippen LogP contribution >= 0.6 is 11.6 Å². The molecule has 0 fully saturated rings. The van der Waals surface area contributed by atoms with Gasteiger partial charge in [-0.1, -0.05) is 71.8 Å². The Morgan fingerprint density at radius 2 is 1.51 bits per heavy atom. The second-order valence-electron chi connectivity index (χ2n) is 9.06. The molecule has 0 aromatic heterocycles. The highest BCUT2D eigenvalue weighted by molar-refractivity contribution is 7.92. The molecule has 0 saturated heterocycles. The number of hydrogen-bond acceptors (Lipinski definition) is 4. The molecule has 200 valence electrons. The third kappa shape index (κ3) is 7.04. The molecule has 0 atom stereocenters. The molecule has 0 heterocycles. The molecule has 0 radical (unpaired) electrons. The molecule has 0 spiro atoms. The number of sulfonamides is 1. The zero-order valence-corrected chi connectivity index (χ0v) is 23.1. The molecule has 2 amide bonds. The van der Waals surface area contributed by atoms with E-state index in [9.17, 15) is 18.0 Å². The Morgan fingerprint density at radius 3 is 2.26 bits per heavy atom. The molecule has 0 saturated carbocycles. The molecule has 4 rings (SSSR count). The topological polar surface area (TPSA) is 104 Å². The minimum absolute atomic E-state index is 0.0259. The van der Waals surface area contributed by atoms with E-state index in [1.54, 1.807) is 43.3 Å². The van der Waals surface area contributed by atoms with E-state index in [1.807, 2.05) is 43.3 Å². The Bertz CT molecular complexity index is 1620. The molecule has 0 bridgehead atoms. The number of rotatable bonds is 9. The van der Waals surface area contributed by atoms with Gasteiger partial charge < -0.3 is 10.6 Å². The Kier molecular flexibility index (Phi) is 8.69. The summed E-state index contributed by atoms with van der Waals surface area (Å²) in [7, 11) is -4.09. The summed E-state index contributed by atoms with van der Waals surface area (Å²) in [5.41, 5.74) is 3.92. The van der Waals surface area contributed by atoms with E-state index < -0.39 is 15.9 Å². The van der Waals surface area contributed by atoms with Crippen molar-refractivity contribution in [2.75, 3.05) is 16.6 Å². The van der Waals surface area contributed by atoms with Gasteiger partial charge in [0.25, 0.3) is 21.8 Å². The standard InChI is InChI=1S/C30H28ClN3O4S/c1-20-12-15-26(21(2)18-20)34-39(37,38)28-19-23(13-14-25(28)31)29(35)33-27-11-7-6-10-24(27)30(36)32-17-16-22-8-4-3-5-9-22/h3-15,18-19,34H,16-17H2,1-2H3,(H,32,36)(H,33,35). The first kappa shape index (κ1) is 27.9. The third-order valence-electron chi connectivity index (χ3n) is 6.07. The fraction of sp³-hybridized carbons (Fsp3) is 0.133. The van der Waals surface area contributed by atoms with Crippen LogP contribution in [-0.2, 0) is 16.4 Å². The number of aryl methyl sites for hydroxylation is 2. The Balaban J connectivity index is 1.50. The first-order chi connectivity index (χ1) is 18.6. The lowest BCUT2D eigenvalue weighted by atomic mass is 10.1. The Hall–Kier alpha value is -4.14. The van der Waals surface area contributed by atoms with Crippen molar-refractivity contribution in [2.45, 2.75) is 25.2 Å². The van der Waals surface area contributed by atoms with Crippen LogP contribution in [0.15, 0.2) is 95.9 Å².